The van der Waals surface area contributed by atoms with Crippen molar-refractivity contribution < 1.29 is 9.53 Å². The molecule has 0 aliphatic heterocycles. The minimum atomic E-state index is -0.0576. The number of nitrogens with one attached hydrogen (secondary N) is 1. The Bertz CT molecular complexity index is 684. The first kappa shape index (κ1) is 18.8. The lowest BCUT2D eigenvalue weighted by molar-refractivity contribution is 0.0787. The van der Waals surface area contributed by atoms with E-state index in [1.165, 1.54) is 0 Å². The normalized spacial score (nSPS) is 10.6. The Labute approximate surface area is 150 Å². The van der Waals surface area contributed by atoms with Crippen molar-refractivity contribution in [1.29, 1.82) is 0 Å². The quantitative estimate of drug-likeness (QED) is 0.769. The second-order valence-electron chi connectivity index (χ2n) is 6.33. The number of benzene rings is 1. The number of amides is 1. The van der Waals surface area contributed by atoms with E-state index in [-0.39, 0.29) is 12.0 Å². The van der Waals surface area contributed by atoms with E-state index in [0.717, 1.165) is 36.5 Å². The van der Waals surface area contributed by atoms with Crippen LogP contribution < -0.4 is 10.1 Å². The van der Waals surface area contributed by atoms with Gasteiger partial charge in [0.25, 0.3) is 5.91 Å². The molecule has 1 aromatic heterocycles. The summed E-state index contributed by atoms with van der Waals surface area (Å²) in [5.41, 5.74) is 2.21. The molecule has 134 valence electrons. The van der Waals surface area contributed by atoms with Gasteiger partial charge in [-0.1, -0.05) is 13.3 Å². The third-order valence-electron chi connectivity index (χ3n) is 3.69. The summed E-state index contributed by atoms with van der Waals surface area (Å²) in [6.07, 6.45) is 3.85. The van der Waals surface area contributed by atoms with E-state index in [1.54, 1.807) is 17.2 Å². The summed E-state index contributed by atoms with van der Waals surface area (Å²) in [5, 5.41) is 3.30. The molecular weight excluding hydrogens is 314 g/mol. The van der Waals surface area contributed by atoms with Crippen molar-refractivity contribution in [2.24, 2.45) is 0 Å². The van der Waals surface area contributed by atoms with Crippen LogP contribution in [0, 0.1) is 0 Å². The Kier molecular flexibility index (Phi) is 6.81. The molecule has 0 unspecified atom stereocenters. The van der Waals surface area contributed by atoms with E-state index in [9.17, 15) is 4.79 Å². The molecule has 0 radical (unpaired) electrons. The van der Waals surface area contributed by atoms with Crippen LogP contribution in [0.15, 0.2) is 42.6 Å². The van der Waals surface area contributed by atoms with Gasteiger partial charge in [0.1, 0.15) is 11.4 Å². The molecule has 0 aliphatic rings. The van der Waals surface area contributed by atoms with Crippen molar-refractivity contribution in [1.82, 2.24) is 9.88 Å². The third kappa shape index (κ3) is 5.78. The zero-order valence-electron chi connectivity index (χ0n) is 15.5. The van der Waals surface area contributed by atoms with E-state index < -0.39 is 0 Å². The second-order valence-corrected chi connectivity index (χ2v) is 6.33. The van der Waals surface area contributed by atoms with Gasteiger partial charge in [0.15, 0.2) is 0 Å². The molecule has 25 heavy (non-hydrogen) atoms. The Morgan fingerprint density at radius 2 is 1.92 bits per heavy atom. The summed E-state index contributed by atoms with van der Waals surface area (Å²) in [4.78, 5) is 18.3. The highest BCUT2D eigenvalue weighted by Gasteiger charge is 2.13. The molecule has 1 aromatic carbocycles. The highest BCUT2D eigenvalue weighted by atomic mass is 16.5. The number of anilines is 2. The van der Waals surface area contributed by atoms with Crippen LogP contribution in [-0.2, 0) is 0 Å². The maximum atomic E-state index is 12.4. The Morgan fingerprint density at radius 3 is 2.56 bits per heavy atom. The van der Waals surface area contributed by atoms with Crippen molar-refractivity contribution in [2.75, 3.05) is 18.9 Å². The van der Waals surface area contributed by atoms with Crippen LogP contribution in [0.5, 0.6) is 5.75 Å². The standard InChI is InChI=1S/C20H27N3O2/c1-5-6-13-23(4)20(24)19-14-17(11-12-21-19)22-16-7-9-18(10-8-16)25-15(2)3/h7-12,14-15H,5-6,13H2,1-4H3,(H,21,22). The Morgan fingerprint density at radius 1 is 1.20 bits per heavy atom. The van der Waals surface area contributed by atoms with Gasteiger partial charge in [0, 0.05) is 31.2 Å². The van der Waals surface area contributed by atoms with Crippen LogP contribution in [0.1, 0.15) is 44.1 Å². The lowest BCUT2D eigenvalue weighted by atomic mass is 10.2. The molecule has 0 saturated carbocycles. The van der Waals surface area contributed by atoms with Gasteiger partial charge in [0.05, 0.1) is 6.10 Å². The predicted octanol–water partition coefficient (Wildman–Crippen LogP) is 4.48. The number of ether oxygens (including phenoxy) is 1. The number of unbranched alkanes of at least 4 members (excludes halogenated alkanes) is 1. The van der Waals surface area contributed by atoms with Gasteiger partial charge in [-0.3, -0.25) is 9.78 Å². The average Bonchev–Trinajstić information content (AvgIpc) is 2.60. The number of carbonyl (C=O) groups is 1. The van der Waals surface area contributed by atoms with E-state index in [1.807, 2.05) is 51.2 Å². The van der Waals surface area contributed by atoms with E-state index >= 15 is 0 Å². The monoisotopic (exact) mass is 341 g/mol. The minimum absolute atomic E-state index is 0.0576. The van der Waals surface area contributed by atoms with E-state index in [0.29, 0.717) is 5.69 Å². The number of hydrogen-bond acceptors (Lipinski definition) is 4. The molecule has 0 spiro atoms. The Balaban J connectivity index is 2.04. The van der Waals surface area contributed by atoms with E-state index in [2.05, 4.69) is 17.2 Å². The van der Waals surface area contributed by atoms with Gasteiger partial charge in [-0.2, -0.15) is 0 Å². The molecule has 2 rings (SSSR count). The molecule has 0 aliphatic carbocycles. The number of pyridine rings is 1. The molecule has 2 aromatic rings. The molecule has 5 nitrogen and oxygen atoms in total. The zero-order valence-corrected chi connectivity index (χ0v) is 15.5. The number of rotatable bonds is 8. The highest BCUT2D eigenvalue weighted by molar-refractivity contribution is 5.93. The summed E-state index contributed by atoms with van der Waals surface area (Å²) >= 11 is 0. The third-order valence-corrected chi connectivity index (χ3v) is 3.69. The van der Waals surface area contributed by atoms with Gasteiger partial charge in [-0.15, -0.1) is 0 Å². The van der Waals surface area contributed by atoms with Crippen LogP contribution in [0.25, 0.3) is 0 Å². The fraction of sp³-hybridized carbons (Fsp3) is 0.400. The maximum Gasteiger partial charge on any atom is 0.272 e. The molecule has 1 amide bonds. The van der Waals surface area contributed by atoms with Crippen molar-refractivity contribution in [2.45, 2.75) is 39.7 Å². The number of nitrogens with zero attached hydrogens (tertiary/aromatic N) is 2. The van der Waals surface area contributed by atoms with Gasteiger partial charge in [0.2, 0.25) is 0 Å². The zero-order chi connectivity index (χ0) is 18.2. The molecule has 0 atom stereocenters. The van der Waals surface area contributed by atoms with Gasteiger partial charge >= 0.3 is 0 Å². The first-order valence-electron chi connectivity index (χ1n) is 8.75. The summed E-state index contributed by atoms with van der Waals surface area (Å²) in [6, 6.07) is 11.4. The van der Waals surface area contributed by atoms with Gasteiger partial charge in [-0.05, 0) is 56.7 Å². The van der Waals surface area contributed by atoms with Crippen molar-refractivity contribution in [3.63, 3.8) is 0 Å². The van der Waals surface area contributed by atoms with Crippen LogP contribution in [0.4, 0.5) is 11.4 Å². The lowest BCUT2D eigenvalue weighted by Gasteiger charge is -2.16. The molecule has 1 N–H and O–H groups in total. The molecule has 0 saturated heterocycles. The SMILES string of the molecule is CCCCN(C)C(=O)c1cc(Nc2ccc(OC(C)C)cc2)ccn1. The summed E-state index contributed by atoms with van der Waals surface area (Å²) < 4.78 is 5.64. The Hall–Kier alpha value is -2.56. The smallest absolute Gasteiger partial charge is 0.272 e. The molecule has 0 bridgehead atoms. The minimum Gasteiger partial charge on any atom is -0.491 e. The van der Waals surface area contributed by atoms with Crippen molar-refractivity contribution in [3.05, 3.63) is 48.3 Å². The van der Waals surface area contributed by atoms with E-state index in [4.69, 9.17) is 4.74 Å². The van der Waals surface area contributed by atoms with Gasteiger partial charge < -0.3 is 15.0 Å². The molecule has 0 fully saturated rings. The summed E-state index contributed by atoms with van der Waals surface area (Å²) in [6.45, 7) is 6.85. The average molecular weight is 341 g/mol. The van der Waals surface area contributed by atoms with Crippen LogP contribution >= 0.6 is 0 Å². The first-order valence-corrected chi connectivity index (χ1v) is 8.75. The van der Waals surface area contributed by atoms with Crippen LogP contribution in [-0.4, -0.2) is 35.5 Å². The van der Waals surface area contributed by atoms with Crippen molar-refractivity contribution in [3.8, 4) is 5.75 Å². The van der Waals surface area contributed by atoms with Gasteiger partial charge in [-0.25, -0.2) is 0 Å². The number of carbonyl (C=O) groups excluding carboxylic acids is 1. The topological polar surface area (TPSA) is 54.5 Å². The van der Waals surface area contributed by atoms with Crippen LogP contribution in [0.3, 0.4) is 0 Å². The molecule has 5 heteroatoms. The van der Waals surface area contributed by atoms with Crippen molar-refractivity contribution >= 4 is 17.3 Å². The lowest BCUT2D eigenvalue weighted by Crippen LogP contribution is -2.28. The maximum absolute atomic E-state index is 12.4. The predicted molar refractivity (Wildman–Crippen MR) is 102 cm³/mol. The fourth-order valence-corrected chi connectivity index (χ4v) is 2.37. The number of aromatic nitrogens is 1. The van der Waals surface area contributed by atoms with Crippen LogP contribution in [0.2, 0.25) is 0 Å². The first-order chi connectivity index (χ1) is 12.0. The summed E-state index contributed by atoms with van der Waals surface area (Å²) in [5.74, 6) is 0.779. The second kappa shape index (κ2) is 9.06. The molecule has 1 heterocycles. The fourth-order valence-electron chi connectivity index (χ4n) is 2.37. The largest absolute Gasteiger partial charge is 0.491 e. The number of hydrogen-bond donors (Lipinski definition) is 1. The molecular formula is C20H27N3O2. The summed E-state index contributed by atoms with van der Waals surface area (Å²) in [7, 11) is 1.81. The highest BCUT2D eigenvalue weighted by Crippen LogP contribution is 2.21.